The van der Waals surface area contributed by atoms with Crippen LogP contribution in [0.3, 0.4) is 0 Å². The Hall–Kier alpha value is -6.12. The van der Waals surface area contributed by atoms with Crippen molar-refractivity contribution in [3.63, 3.8) is 0 Å². The molecule has 2 aliphatic carbocycles. The molecule has 6 amide bonds. The Kier molecular flexibility index (Phi) is 19.9. The lowest BCUT2D eigenvalue weighted by atomic mass is 9.83. The summed E-state index contributed by atoms with van der Waals surface area (Å²) in [5.41, 5.74) is 3.30. The van der Waals surface area contributed by atoms with E-state index < -0.39 is 18.1 Å². The van der Waals surface area contributed by atoms with Crippen LogP contribution < -0.4 is 21.3 Å². The first kappa shape index (κ1) is 55.1. The van der Waals surface area contributed by atoms with E-state index in [9.17, 15) is 28.8 Å². The van der Waals surface area contributed by atoms with E-state index in [0.717, 1.165) is 112 Å². The molecule has 4 aromatic carbocycles. The Labute approximate surface area is 445 Å². The number of rotatable bonds is 22. The fourth-order valence-corrected chi connectivity index (χ4v) is 12.2. The highest BCUT2D eigenvalue weighted by Crippen LogP contribution is 2.32. The first-order chi connectivity index (χ1) is 36.5. The van der Waals surface area contributed by atoms with Gasteiger partial charge >= 0.3 is 0 Å². The van der Waals surface area contributed by atoms with Gasteiger partial charge in [-0.25, -0.2) is 0 Å². The van der Waals surface area contributed by atoms with Gasteiger partial charge in [0, 0.05) is 62.5 Å². The third-order valence-corrected chi connectivity index (χ3v) is 16.7. The van der Waals surface area contributed by atoms with Crippen LogP contribution in [0.5, 0.6) is 0 Å². The van der Waals surface area contributed by atoms with Crippen LogP contribution in [0.2, 0.25) is 0 Å². The number of carbonyl (C=O) groups excluding carboxylic acids is 6. The molecule has 4 fully saturated rings. The molecular formula is C61H82N8O6. The molecule has 4 unspecified atom stereocenters. The van der Waals surface area contributed by atoms with Crippen molar-refractivity contribution in [2.24, 2.45) is 11.8 Å². The van der Waals surface area contributed by atoms with Crippen molar-refractivity contribution in [1.82, 2.24) is 40.9 Å². The van der Waals surface area contributed by atoms with Crippen molar-refractivity contribution in [3.05, 3.63) is 119 Å². The number of hydrogen-bond donors (Lipinski definition) is 4. The summed E-state index contributed by atoms with van der Waals surface area (Å²) in [5.74, 6) is -0.542. The maximum atomic E-state index is 14.9. The number of nitrogens with one attached hydrogen (secondary N) is 4. The van der Waals surface area contributed by atoms with E-state index in [1.807, 2.05) is 92.4 Å². The van der Waals surface area contributed by atoms with Gasteiger partial charge in [0.25, 0.3) is 11.8 Å². The summed E-state index contributed by atoms with van der Waals surface area (Å²) in [6.07, 6.45) is 14.5. The number of carbonyl (C=O) groups is 6. The third kappa shape index (κ3) is 14.4. The highest BCUT2D eigenvalue weighted by atomic mass is 16.2. The number of likely N-dealkylation sites (tertiary alicyclic amines) is 2. The summed E-state index contributed by atoms with van der Waals surface area (Å²) in [7, 11) is 3.48. The van der Waals surface area contributed by atoms with E-state index >= 15 is 0 Å². The summed E-state index contributed by atoms with van der Waals surface area (Å²) >= 11 is 0. The van der Waals surface area contributed by atoms with Crippen LogP contribution >= 0.6 is 0 Å². The van der Waals surface area contributed by atoms with Crippen LogP contribution in [0.25, 0.3) is 10.8 Å². The number of likely N-dealkylation sites (N-methyl/N-ethyl adjacent to an activating group) is 2. The predicted molar refractivity (Wildman–Crippen MR) is 295 cm³/mol. The fourth-order valence-electron chi connectivity index (χ4n) is 12.2. The van der Waals surface area contributed by atoms with Gasteiger partial charge < -0.3 is 40.9 Å². The standard InChI is InChI=1S/C61H82N8O6/c1-43(63-3)57(71)65-56(47-24-14-7-15-25-47)61(75)69-35-17-27-53(69)42-67(37-33-45-20-10-5-11-21-45)59(73)51-31-29-48-38-50(30-28-49(48)39-51)58(72)66(36-32-44-18-8-4-9-19-44)41-52-26-16-34-68(52)60(74)55(64-54(70)40-62-2)46-22-12-6-13-23-46/h4-5,8-11,18-21,28-31,38-39,43,46-47,52-53,55-56,62-63H,6-7,12-17,22-27,32-37,40-42H2,1-3H3,(H,64,70)(H,65,71)/t43-,52?,53?,55?,56?/m0/s1. The average molecular weight is 1020 g/mol. The lowest BCUT2D eigenvalue weighted by Crippen LogP contribution is -2.57. The van der Waals surface area contributed by atoms with E-state index in [0.29, 0.717) is 63.2 Å². The SMILES string of the molecule is CNCC(=O)NC(C(=O)N1CCCC1CN(CCc1ccccc1)C(=O)c1ccc2cc(C(=O)N(CCc3ccccc3)CC3CCCN3C(=O)C(NC(=O)[C@H](C)NC)C3CCCCC3)ccc2c1)C1CCCCC1. The topological polar surface area (TPSA) is 163 Å². The van der Waals surface area contributed by atoms with Gasteiger partial charge in [0.2, 0.25) is 23.6 Å². The highest BCUT2D eigenvalue weighted by Gasteiger charge is 2.41. The Morgan fingerprint density at radius 2 is 0.987 bits per heavy atom. The molecule has 402 valence electrons. The number of hydrogen-bond acceptors (Lipinski definition) is 8. The second-order valence-electron chi connectivity index (χ2n) is 21.8. The van der Waals surface area contributed by atoms with Crippen LogP contribution in [-0.2, 0) is 32.0 Å². The van der Waals surface area contributed by atoms with Gasteiger partial charge in [0.15, 0.2) is 0 Å². The summed E-state index contributed by atoms with van der Waals surface area (Å²) < 4.78 is 0. The molecule has 0 aromatic heterocycles. The molecule has 75 heavy (non-hydrogen) atoms. The number of benzene rings is 4. The lowest BCUT2D eigenvalue weighted by molar-refractivity contribution is -0.139. The summed E-state index contributed by atoms with van der Waals surface area (Å²) in [4.78, 5) is 92.8. The first-order valence-corrected chi connectivity index (χ1v) is 28.2. The lowest BCUT2D eigenvalue weighted by Gasteiger charge is -2.37. The quantitative estimate of drug-likeness (QED) is 0.0646. The molecule has 0 spiro atoms. The van der Waals surface area contributed by atoms with Crippen molar-refractivity contribution in [3.8, 4) is 0 Å². The number of fused-ring (bicyclic) bond motifs is 1. The first-order valence-electron chi connectivity index (χ1n) is 28.2. The smallest absolute Gasteiger partial charge is 0.253 e. The largest absolute Gasteiger partial charge is 0.343 e. The van der Waals surface area contributed by atoms with Gasteiger partial charge in [0.1, 0.15) is 12.1 Å². The molecule has 14 nitrogen and oxygen atoms in total. The van der Waals surface area contributed by atoms with Gasteiger partial charge in [-0.05, 0) is 143 Å². The van der Waals surface area contributed by atoms with Gasteiger partial charge in [-0.2, -0.15) is 0 Å². The molecule has 2 aliphatic heterocycles. The van der Waals surface area contributed by atoms with Crippen LogP contribution in [0, 0.1) is 11.8 Å². The number of nitrogens with zero attached hydrogens (tertiary/aromatic N) is 4. The Balaban J connectivity index is 1.01. The Morgan fingerprint density at radius 1 is 0.547 bits per heavy atom. The van der Waals surface area contributed by atoms with E-state index in [2.05, 4.69) is 45.5 Å². The number of amides is 6. The van der Waals surface area contributed by atoms with Gasteiger partial charge in [0.05, 0.1) is 12.6 Å². The Morgan fingerprint density at radius 3 is 1.41 bits per heavy atom. The molecule has 4 aromatic rings. The van der Waals surface area contributed by atoms with E-state index in [1.165, 1.54) is 0 Å². The van der Waals surface area contributed by atoms with Crippen molar-refractivity contribution in [2.75, 3.05) is 59.9 Å². The molecule has 8 rings (SSSR count). The Bertz CT molecular complexity index is 2550. The van der Waals surface area contributed by atoms with E-state index in [4.69, 9.17) is 0 Å². The fraction of sp³-hybridized carbons (Fsp3) is 0.541. The minimum Gasteiger partial charge on any atom is -0.343 e. The van der Waals surface area contributed by atoms with E-state index in [-0.39, 0.29) is 65.9 Å². The second-order valence-corrected chi connectivity index (χ2v) is 21.8. The van der Waals surface area contributed by atoms with Crippen molar-refractivity contribution in [1.29, 1.82) is 0 Å². The van der Waals surface area contributed by atoms with Crippen LogP contribution in [0.1, 0.15) is 129 Å². The molecule has 0 bridgehead atoms. The zero-order valence-corrected chi connectivity index (χ0v) is 44.8. The van der Waals surface area contributed by atoms with Crippen molar-refractivity contribution in [2.45, 2.75) is 140 Å². The van der Waals surface area contributed by atoms with Crippen LogP contribution in [0.4, 0.5) is 0 Å². The molecule has 2 saturated carbocycles. The predicted octanol–water partition coefficient (Wildman–Crippen LogP) is 7.15. The molecule has 4 N–H and O–H groups in total. The zero-order valence-electron chi connectivity index (χ0n) is 44.8. The highest BCUT2D eigenvalue weighted by molar-refractivity contribution is 6.02. The molecule has 4 aliphatic rings. The molecule has 0 radical (unpaired) electrons. The van der Waals surface area contributed by atoms with Crippen molar-refractivity contribution >= 4 is 46.2 Å². The van der Waals surface area contributed by atoms with Crippen LogP contribution in [0.15, 0.2) is 97.1 Å². The summed E-state index contributed by atoms with van der Waals surface area (Å²) in [5, 5.41) is 13.9. The molecule has 5 atom stereocenters. The normalized spacial score (nSPS) is 19.6. The van der Waals surface area contributed by atoms with E-state index in [1.54, 1.807) is 21.0 Å². The monoisotopic (exact) mass is 1020 g/mol. The minimum atomic E-state index is -0.606. The molecule has 14 heteroatoms. The van der Waals surface area contributed by atoms with Crippen molar-refractivity contribution < 1.29 is 28.8 Å². The molecule has 2 heterocycles. The van der Waals surface area contributed by atoms with Gasteiger partial charge in [-0.1, -0.05) is 111 Å². The maximum absolute atomic E-state index is 14.9. The summed E-state index contributed by atoms with van der Waals surface area (Å²) in [6.45, 7) is 4.79. The van der Waals surface area contributed by atoms with Crippen LogP contribution in [-0.4, -0.2) is 145 Å². The zero-order chi connectivity index (χ0) is 52.7. The third-order valence-electron chi connectivity index (χ3n) is 16.7. The van der Waals surface area contributed by atoms with Gasteiger partial charge in [-0.15, -0.1) is 0 Å². The minimum absolute atomic E-state index is 0.0446. The maximum Gasteiger partial charge on any atom is 0.253 e. The van der Waals surface area contributed by atoms with Gasteiger partial charge in [-0.3, -0.25) is 28.8 Å². The molecular weight excluding hydrogens is 941 g/mol. The summed E-state index contributed by atoms with van der Waals surface area (Å²) in [6, 6.07) is 29.6. The molecule has 2 saturated heterocycles. The average Bonchev–Trinajstić information content (AvgIpc) is 4.14. The second kappa shape index (κ2) is 27.1.